The van der Waals surface area contributed by atoms with E-state index in [0.29, 0.717) is 35.8 Å². The van der Waals surface area contributed by atoms with Gasteiger partial charge in [0.1, 0.15) is 18.1 Å². The number of ether oxygens (including phenoxy) is 2. The van der Waals surface area contributed by atoms with Crippen LogP contribution < -0.4 is 10.1 Å². The third-order valence-corrected chi connectivity index (χ3v) is 6.34. The van der Waals surface area contributed by atoms with Crippen LogP contribution in [0, 0.1) is 5.92 Å². The van der Waals surface area contributed by atoms with Crippen molar-refractivity contribution in [1.29, 1.82) is 0 Å². The van der Waals surface area contributed by atoms with Gasteiger partial charge in [-0.25, -0.2) is 0 Å². The van der Waals surface area contributed by atoms with Gasteiger partial charge in [0.2, 0.25) is 5.91 Å². The number of benzene rings is 1. The number of fused-ring (bicyclic) bond motifs is 1. The number of rotatable bonds is 5. The summed E-state index contributed by atoms with van der Waals surface area (Å²) in [5.41, 5.74) is 1.23. The lowest BCUT2D eigenvalue weighted by molar-refractivity contribution is -0.116. The normalized spacial score (nSPS) is 20.9. The van der Waals surface area contributed by atoms with Crippen molar-refractivity contribution < 1.29 is 23.9 Å². The Bertz CT molecular complexity index is 1090. The Hall–Kier alpha value is -3.50. The Balaban J connectivity index is 1.96. The highest BCUT2D eigenvalue weighted by Gasteiger charge is 2.31. The molecule has 200 valence electrons. The van der Waals surface area contributed by atoms with Gasteiger partial charge in [-0.15, -0.1) is 0 Å². The summed E-state index contributed by atoms with van der Waals surface area (Å²) in [7, 11) is 6.94. The molecule has 0 unspecified atom stereocenters. The van der Waals surface area contributed by atoms with Gasteiger partial charge in [0, 0.05) is 51.1 Å². The molecule has 3 amide bonds. The van der Waals surface area contributed by atoms with E-state index < -0.39 is 0 Å². The molecule has 10 nitrogen and oxygen atoms in total. The number of nitrogens with zero attached hydrogens (tertiary/aromatic N) is 4. The standard InChI is InChI=1S/C27H37N5O5/c1-18-14-32(27(35)22-9-7-8-12-28-22)19(2)17-37-23-13-20(29-25(33)16-30(3)4)10-11-21(23)26(34)31(5)15-24(18)36-6/h7-13,18-19,24H,14-17H2,1-6H3,(H,29,33)/t18-,19-,24-/m1/s1. The Morgan fingerprint density at radius 1 is 1.19 bits per heavy atom. The summed E-state index contributed by atoms with van der Waals surface area (Å²) in [6.07, 6.45) is 1.29. The lowest BCUT2D eigenvalue weighted by Crippen LogP contribution is -2.48. The van der Waals surface area contributed by atoms with E-state index in [-0.39, 0.29) is 48.9 Å². The zero-order valence-corrected chi connectivity index (χ0v) is 22.4. The molecule has 37 heavy (non-hydrogen) atoms. The number of carbonyl (C=O) groups is 3. The molecule has 0 saturated heterocycles. The van der Waals surface area contributed by atoms with Gasteiger partial charge in [-0.05, 0) is 45.3 Å². The summed E-state index contributed by atoms with van der Waals surface area (Å²) < 4.78 is 11.9. The smallest absolute Gasteiger partial charge is 0.272 e. The van der Waals surface area contributed by atoms with E-state index in [2.05, 4.69) is 10.3 Å². The molecule has 0 spiro atoms. The summed E-state index contributed by atoms with van der Waals surface area (Å²) >= 11 is 0. The fourth-order valence-corrected chi connectivity index (χ4v) is 4.26. The molecular formula is C27H37N5O5. The van der Waals surface area contributed by atoms with E-state index in [9.17, 15) is 14.4 Å². The van der Waals surface area contributed by atoms with Gasteiger partial charge >= 0.3 is 0 Å². The van der Waals surface area contributed by atoms with E-state index in [4.69, 9.17) is 9.47 Å². The van der Waals surface area contributed by atoms with Gasteiger partial charge < -0.3 is 29.5 Å². The van der Waals surface area contributed by atoms with Crippen LogP contribution in [-0.4, -0.2) is 104 Å². The average molecular weight is 512 g/mol. The second kappa shape index (κ2) is 12.6. The Kier molecular flexibility index (Phi) is 9.60. The van der Waals surface area contributed by atoms with E-state index in [1.54, 1.807) is 71.5 Å². The van der Waals surface area contributed by atoms with Crippen LogP contribution >= 0.6 is 0 Å². The molecule has 3 rings (SSSR count). The molecule has 0 radical (unpaired) electrons. The second-order valence-electron chi connectivity index (χ2n) is 9.77. The first-order valence-corrected chi connectivity index (χ1v) is 12.3. The van der Waals surface area contributed by atoms with E-state index in [1.165, 1.54) is 0 Å². The number of amides is 3. The number of nitrogens with one attached hydrogen (secondary N) is 1. The fourth-order valence-electron chi connectivity index (χ4n) is 4.26. The van der Waals surface area contributed by atoms with Gasteiger partial charge in [0.15, 0.2) is 0 Å². The maximum Gasteiger partial charge on any atom is 0.272 e. The highest BCUT2D eigenvalue weighted by molar-refractivity contribution is 5.98. The number of carbonyl (C=O) groups excluding carboxylic acids is 3. The number of anilines is 1. The average Bonchev–Trinajstić information content (AvgIpc) is 2.87. The Morgan fingerprint density at radius 2 is 1.95 bits per heavy atom. The molecule has 0 bridgehead atoms. The molecule has 2 aromatic rings. The first-order chi connectivity index (χ1) is 17.6. The van der Waals surface area contributed by atoms with Crippen LogP contribution in [0.15, 0.2) is 42.6 Å². The van der Waals surface area contributed by atoms with Gasteiger partial charge in [-0.3, -0.25) is 19.4 Å². The number of methoxy groups -OCH3 is 1. The highest BCUT2D eigenvalue weighted by Crippen LogP contribution is 2.27. The minimum absolute atomic E-state index is 0.0662. The lowest BCUT2D eigenvalue weighted by atomic mass is 10.0. The lowest BCUT2D eigenvalue weighted by Gasteiger charge is -2.36. The van der Waals surface area contributed by atoms with Crippen molar-refractivity contribution >= 4 is 23.4 Å². The summed E-state index contributed by atoms with van der Waals surface area (Å²) in [5.74, 6) is -0.337. The van der Waals surface area contributed by atoms with Gasteiger partial charge in [-0.2, -0.15) is 0 Å². The van der Waals surface area contributed by atoms with Crippen molar-refractivity contribution in [3.8, 4) is 5.75 Å². The van der Waals surface area contributed by atoms with Crippen LogP contribution in [0.1, 0.15) is 34.7 Å². The van der Waals surface area contributed by atoms with Crippen molar-refractivity contribution in [1.82, 2.24) is 19.7 Å². The third-order valence-electron chi connectivity index (χ3n) is 6.34. The zero-order valence-electron chi connectivity index (χ0n) is 22.4. The molecule has 0 fully saturated rings. The summed E-state index contributed by atoms with van der Waals surface area (Å²) in [6, 6.07) is 9.89. The minimum atomic E-state index is -0.332. The van der Waals surface area contributed by atoms with Crippen LogP contribution in [-0.2, 0) is 9.53 Å². The SMILES string of the molecule is CO[C@@H]1CN(C)C(=O)c2ccc(NC(=O)CN(C)C)cc2OC[C@@H](C)N(C(=O)c2ccccn2)C[C@H]1C. The summed E-state index contributed by atoms with van der Waals surface area (Å²) in [4.78, 5) is 48.4. The first-order valence-electron chi connectivity index (χ1n) is 12.3. The molecule has 0 aliphatic carbocycles. The predicted octanol–water partition coefficient (Wildman–Crippen LogP) is 2.23. The Labute approximate surface area is 218 Å². The molecule has 1 aliphatic rings. The van der Waals surface area contributed by atoms with Crippen molar-refractivity contribution in [3.63, 3.8) is 0 Å². The topological polar surface area (TPSA) is 104 Å². The fraction of sp³-hybridized carbons (Fsp3) is 0.481. The minimum Gasteiger partial charge on any atom is -0.491 e. The predicted molar refractivity (Wildman–Crippen MR) is 141 cm³/mol. The number of hydrogen-bond acceptors (Lipinski definition) is 7. The molecule has 0 saturated carbocycles. The second-order valence-corrected chi connectivity index (χ2v) is 9.77. The molecule has 1 aromatic heterocycles. The molecule has 1 N–H and O–H groups in total. The maximum absolute atomic E-state index is 13.4. The zero-order chi connectivity index (χ0) is 27.1. The first kappa shape index (κ1) is 28.1. The van der Waals surface area contributed by atoms with Gasteiger partial charge in [-0.1, -0.05) is 13.0 Å². The summed E-state index contributed by atoms with van der Waals surface area (Å²) in [5, 5.41) is 2.84. The van der Waals surface area contributed by atoms with E-state index in [1.807, 2.05) is 27.9 Å². The number of aromatic nitrogens is 1. The van der Waals surface area contributed by atoms with Crippen LogP contribution in [0.2, 0.25) is 0 Å². The third kappa shape index (κ3) is 7.27. The Morgan fingerprint density at radius 3 is 2.59 bits per heavy atom. The van der Waals surface area contributed by atoms with Gasteiger partial charge in [0.05, 0.1) is 24.3 Å². The van der Waals surface area contributed by atoms with Crippen LogP contribution in [0.5, 0.6) is 5.75 Å². The van der Waals surface area contributed by atoms with Crippen molar-refractivity contribution in [3.05, 3.63) is 53.9 Å². The van der Waals surface area contributed by atoms with Gasteiger partial charge in [0.25, 0.3) is 11.8 Å². The molecular weight excluding hydrogens is 474 g/mol. The van der Waals surface area contributed by atoms with Crippen LogP contribution in [0.25, 0.3) is 0 Å². The van der Waals surface area contributed by atoms with E-state index in [0.717, 1.165) is 0 Å². The molecule has 2 heterocycles. The molecule has 3 atom stereocenters. The molecule has 1 aromatic carbocycles. The summed E-state index contributed by atoms with van der Waals surface area (Å²) in [6.45, 7) is 4.99. The van der Waals surface area contributed by atoms with Crippen LogP contribution in [0.4, 0.5) is 5.69 Å². The number of likely N-dealkylation sites (N-methyl/N-ethyl adjacent to an activating group) is 2. The monoisotopic (exact) mass is 511 g/mol. The van der Waals surface area contributed by atoms with Crippen molar-refractivity contribution in [2.24, 2.45) is 5.92 Å². The van der Waals surface area contributed by atoms with Crippen molar-refractivity contribution in [2.45, 2.75) is 26.0 Å². The van der Waals surface area contributed by atoms with E-state index >= 15 is 0 Å². The largest absolute Gasteiger partial charge is 0.491 e. The highest BCUT2D eigenvalue weighted by atomic mass is 16.5. The maximum atomic E-state index is 13.4. The number of pyridine rings is 1. The molecule has 10 heteroatoms. The molecule has 1 aliphatic heterocycles. The van der Waals surface area contributed by atoms with Crippen LogP contribution in [0.3, 0.4) is 0 Å². The van der Waals surface area contributed by atoms with Crippen molar-refractivity contribution in [2.75, 3.05) is 59.8 Å². The number of hydrogen-bond donors (Lipinski definition) is 1. The quantitative estimate of drug-likeness (QED) is 0.657.